The van der Waals surface area contributed by atoms with E-state index in [1.807, 2.05) is 49.4 Å². The van der Waals surface area contributed by atoms with Crippen LogP contribution in [0.1, 0.15) is 51.9 Å². The average molecular weight is 495 g/mol. The number of benzene rings is 3. The molecular formula is C27H24BrFO3. The first-order valence-electron chi connectivity index (χ1n) is 10.5. The molecule has 3 aromatic carbocycles. The number of hydrogen-bond donors (Lipinski definition) is 0. The number of allylic oxidation sites excluding steroid dienone is 2. The first kappa shape index (κ1) is 22.3. The van der Waals surface area contributed by atoms with Crippen molar-refractivity contribution in [3.63, 3.8) is 0 Å². The number of carbonyl (C=O) groups excluding carboxylic acids is 1. The largest absolute Gasteiger partial charge is 0.488 e. The van der Waals surface area contributed by atoms with E-state index in [0.29, 0.717) is 16.9 Å². The zero-order chi connectivity index (χ0) is 22.7. The summed E-state index contributed by atoms with van der Waals surface area (Å²) in [7, 11) is 1.39. The van der Waals surface area contributed by atoms with Crippen LogP contribution in [0, 0.1) is 12.7 Å². The van der Waals surface area contributed by atoms with Crippen LogP contribution in [-0.2, 0) is 11.3 Å². The minimum absolute atomic E-state index is 0.154. The molecular weight excluding hydrogens is 471 g/mol. The summed E-state index contributed by atoms with van der Waals surface area (Å²) < 4.78 is 26.2. The van der Waals surface area contributed by atoms with Gasteiger partial charge in [-0.3, -0.25) is 0 Å². The molecule has 0 unspecified atom stereocenters. The number of halogens is 2. The van der Waals surface area contributed by atoms with Crippen LogP contribution >= 0.6 is 15.9 Å². The van der Waals surface area contributed by atoms with E-state index >= 15 is 0 Å². The van der Waals surface area contributed by atoms with Crippen molar-refractivity contribution in [2.75, 3.05) is 7.11 Å². The monoisotopic (exact) mass is 494 g/mol. The number of rotatable bonds is 6. The topological polar surface area (TPSA) is 35.5 Å². The molecule has 4 rings (SSSR count). The Bertz CT molecular complexity index is 1200. The van der Waals surface area contributed by atoms with Gasteiger partial charge in [-0.25, -0.2) is 9.18 Å². The Morgan fingerprint density at radius 3 is 2.62 bits per heavy atom. The second kappa shape index (κ2) is 9.70. The lowest BCUT2D eigenvalue weighted by Crippen LogP contribution is -2.02. The zero-order valence-corrected chi connectivity index (χ0v) is 19.7. The average Bonchev–Trinajstić information content (AvgIpc) is 3.28. The fraction of sp³-hybridized carbons (Fsp3) is 0.222. The highest BCUT2D eigenvalue weighted by atomic mass is 79.9. The Labute approximate surface area is 196 Å². The van der Waals surface area contributed by atoms with Gasteiger partial charge in [0.2, 0.25) is 0 Å². The highest BCUT2D eigenvalue weighted by molar-refractivity contribution is 9.10. The Balaban J connectivity index is 1.70. The highest BCUT2D eigenvalue weighted by Gasteiger charge is 2.22. The third kappa shape index (κ3) is 4.78. The summed E-state index contributed by atoms with van der Waals surface area (Å²) >= 11 is 3.58. The van der Waals surface area contributed by atoms with Gasteiger partial charge in [-0.15, -0.1) is 0 Å². The van der Waals surface area contributed by atoms with Gasteiger partial charge in [0.15, 0.2) is 0 Å². The normalized spacial score (nSPS) is 13.4. The molecule has 0 fully saturated rings. The summed E-state index contributed by atoms with van der Waals surface area (Å²) in [6, 6.07) is 18.6. The molecule has 3 aromatic rings. The molecule has 0 atom stereocenters. The predicted molar refractivity (Wildman–Crippen MR) is 128 cm³/mol. The van der Waals surface area contributed by atoms with Crippen molar-refractivity contribution in [1.29, 1.82) is 0 Å². The van der Waals surface area contributed by atoms with Gasteiger partial charge in [-0.05, 0) is 84.9 Å². The molecule has 0 amide bonds. The van der Waals surface area contributed by atoms with Gasteiger partial charge in [0.25, 0.3) is 0 Å². The number of hydrogen-bond acceptors (Lipinski definition) is 3. The van der Waals surface area contributed by atoms with Crippen molar-refractivity contribution in [3.05, 3.63) is 98.8 Å². The van der Waals surface area contributed by atoms with E-state index in [9.17, 15) is 9.18 Å². The SMILES string of the molecule is COC(=O)c1cccc(C2=C(c3cc(Br)ccc3OCc3ccc(C)cc3F)CCC2)c1. The fourth-order valence-electron chi connectivity index (χ4n) is 4.10. The Hall–Kier alpha value is -2.92. The van der Waals surface area contributed by atoms with E-state index in [2.05, 4.69) is 15.9 Å². The first-order valence-corrected chi connectivity index (χ1v) is 11.3. The van der Waals surface area contributed by atoms with E-state index in [-0.39, 0.29) is 18.4 Å². The van der Waals surface area contributed by atoms with Crippen molar-refractivity contribution < 1.29 is 18.7 Å². The van der Waals surface area contributed by atoms with Crippen LogP contribution in [0.25, 0.3) is 11.1 Å². The number of aryl methyl sites for hydroxylation is 1. The molecule has 0 radical (unpaired) electrons. The van der Waals surface area contributed by atoms with Crippen LogP contribution < -0.4 is 4.74 Å². The quantitative estimate of drug-likeness (QED) is 0.335. The van der Waals surface area contributed by atoms with E-state index in [4.69, 9.17) is 9.47 Å². The second-order valence-electron chi connectivity index (χ2n) is 7.91. The van der Waals surface area contributed by atoms with Gasteiger partial charge in [-0.1, -0.05) is 40.2 Å². The summed E-state index contributed by atoms with van der Waals surface area (Å²) in [6.45, 7) is 2.02. The summed E-state index contributed by atoms with van der Waals surface area (Å²) in [4.78, 5) is 12.0. The minimum Gasteiger partial charge on any atom is -0.488 e. The standard InChI is InChI=1S/C27H24BrFO3/c1-17-9-10-20(25(29)13-17)16-32-26-12-11-21(28)15-24(26)23-8-4-7-22(23)18-5-3-6-19(14-18)27(30)31-2/h3,5-6,9-15H,4,7-8,16H2,1-2H3. The van der Waals surface area contributed by atoms with Crippen molar-refractivity contribution in [3.8, 4) is 5.75 Å². The van der Waals surface area contributed by atoms with Crippen LogP contribution in [0.2, 0.25) is 0 Å². The van der Waals surface area contributed by atoms with Gasteiger partial charge in [-0.2, -0.15) is 0 Å². The van der Waals surface area contributed by atoms with E-state index in [0.717, 1.165) is 40.4 Å². The molecule has 1 aliphatic carbocycles. The maximum Gasteiger partial charge on any atom is 0.337 e. The van der Waals surface area contributed by atoms with Crippen LogP contribution in [0.3, 0.4) is 0 Å². The third-order valence-electron chi connectivity index (χ3n) is 5.71. The van der Waals surface area contributed by atoms with Gasteiger partial charge < -0.3 is 9.47 Å². The van der Waals surface area contributed by atoms with Crippen LogP contribution in [-0.4, -0.2) is 13.1 Å². The van der Waals surface area contributed by atoms with E-state index in [1.54, 1.807) is 12.1 Å². The third-order valence-corrected chi connectivity index (χ3v) is 6.20. The van der Waals surface area contributed by atoms with Gasteiger partial charge in [0.1, 0.15) is 18.2 Å². The maximum atomic E-state index is 14.3. The molecule has 0 heterocycles. The molecule has 0 spiro atoms. The van der Waals surface area contributed by atoms with E-state index in [1.165, 1.54) is 24.3 Å². The first-order chi connectivity index (χ1) is 15.5. The lowest BCUT2D eigenvalue weighted by atomic mass is 9.95. The molecule has 0 N–H and O–H groups in total. The molecule has 0 saturated carbocycles. The molecule has 164 valence electrons. The molecule has 0 aromatic heterocycles. The molecule has 5 heteroatoms. The zero-order valence-electron chi connectivity index (χ0n) is 18.1. The van der Waals surface area contributed by atoms with Crippen molar-refractivity contribution in [2.24, 2.45) is 0 Å². The summed E-state index contributed by atoms with van der Waals surface area (Å²) in [5.41, 5.74) is 6.32. The molecule has 3 nitrogen and oxygen atoms in total. The van der Waals surface area contributed by atoms with Crippen LogP contribution in [0.5, 0.6) is 5.75 Å². The molecule has 0 bridgehead atoms. The Kier molecular flexibility index (Phi) is 6.75. The van der Waals surface area contributed by atoms with Crippen LogP contribution in [0.15, 0.2) is 65.1 Å². The van der Waals surface area contributed by atoms with E-state index < -0.39 is 0 Å². The Morgan fingerprint density at radius 1 is 1.03 bits per heavy atom. The minimum atomic E-state index is -0.349. The van der Waals surface area contributed by atoms with Crippen LogP contribution in [0.4, 0.5) is 4.39 Å². The van der Waals surface area contributed by atoms with Crippen molar-refractivity contribution >= 4 is 33.0 Å². The molecule has 0 aliphatic heterocycles. The van der Waals surface area contributed by atoms with Gasteiger partial charge in [0.05, 0.1) is 12.7 Å². The summed E-state index contributed by atoms with van der Waals surface area (Å²) in [5.74, 6) is 0.106. The predicted octanol–water partition coefficient (Wildman–Crippen LogP) is 7.36. The van der Waals surface area contributed by atoms with Gasteiger partial charge >= 0.3 is 5.97 Å². The summed E-state index contributed by atoms with van der Waals surface area (Å²) in [5, 5.41) is 0. The number of ether oxygens (including phenoxy) is 2. The fourth-order valence-corrected chi connectivity index (χ4v) is 4.46. The Morgan fingerprint density at radius 2 is 1.84 bits per heavy atom. The number of methoxy groups -OCH3 is 1. The number of carbonyl (C=O) groups is 1. The number of esters is 1. The second-order valence-corrected chi connectivity index (χ2v) is 8.82. The molecule has 0 saturated heterocycles. The van der Waals surface area contributed by atoms with Crippen molar-refractivity contribution in [1.82, 2.24) is 0 Å². The van der Waals surface area contributed by atoms with Crippen molar-refractivity contribution in [2.45, 2.75) is 32.8 Å². The maximum absolute atomic E-state index is 14.3. The van der Waals surface area contributed by atoms with Gasteiger partial charge in [0, 0.05) is 15.6 Å². The summed E-state index contributed by atoms with van der Waals surface area (Å²) in [6.07, 6.45) is 2.84. The highest BCUT2D eigenvalue weighted by Crippen LogP contribution is 2.43. The molecule has 32 heavy (non-hydrogen) atoms. The smallest absolute Gasteiger partial charge is 0.337 e. The molecule has 1 aliphatic rings. The lowest BCUT2D eigenvalue weighted by molar-refractivity contribution is 0.0600. The lowest BCUT2D eigenvalue weighted by Gasteiger charge is -2.16.